The van der Waals surface area contributed by atoms with E-state index < -0.39 is 5.54 Å². The van der Waals surface area contributed by atoms with Crippen molar-refractivity contribution in [3.05, 3.63) is 27.7 Å². The summed E-state index contributed by atoms with van der Waals surface area (Å²) in [5.41, 5.74) is 0.175. The maximum atomic E-state index is 11.8. The second-order valence-corrected chi connectivity index (χ2v) is 5.85. The summed E-state index contributed by atoms with van der Waals surface area (Å²) in [5.74, 6) is 0. The van der Waals surface area contributed by atoms with E-state index in [1.54, 1.807) is 18.2 Å². The van der Waals surface area contributed by atoms with Gasteiger partial charge in [-0.05, 0) is 54.4 Å². The third-order valence-corrected chi connectivity index (χ3v) is 3.26. The van der Waals surface area contributed by atoms with Crippen LogP contribution in [0.1, 0.15) is 20.3 Å². The molecule has 0 spiro atoms. The van der Waals surface area contributed by atoms with Crippen molar-refractivity contribution < 1.29 is 9.90 Å². The van der Waals surface area contributed by atoms with Crippen molar-refractivity contribution in [3.63, 3.8) is 0 Å². The van der Waals surface area contributed by atoms with Gasteiger partial charge in [0.1, 0.15) is 0 Å². The van der Waals surface area contributed by atoms with Crippen molar-refractivity contribution in [3.8, 4) is 0 Å². The van der Waals surface area contributed by atoms with Crippen molar-refractivity contribution in [1.29, 1.82) is 0 Å². The molecule has 0 aliphatic carbocycles. The summed E-state index contributed by atoms with van der Waals surface area (Å²) in [5, 5.41) is 15.0. The number of aliphatic hydroxyl groups excluding tert-OH is 1. The number of hydrogen-bond donors (Lipinski definition) is 3. The topological polar surface area (TPSA) is 61.4 Å². The fraction of sp³-hybridized carbons (Fsp3) is 0.417. The zero-order valence-electron chi connectivity index (χ0n) is 10.3. The Hall–Kier alpha value is -0.780. The first-order valence-electron chi connectivity index (χ1n) is 5.49. The van der Waals surface area contributed by atoms with Crippen LogP contribution >= 0.6 is 27.5 Å². The summed E-state index contributed by atoms with van der Waals surface area (Å²) in [6.45, 7) is 3.72. The van der Waals surface area contributed by atoms with E-state index in [9.17, 15) is 4.79 Å². The van der Waals surface area contributed by atoms with Gasteiger partial charge in [-0.15, -0.1) is 0 Å². The number of aliphatic hydroxyl groups is 1. The number of amides is 2. The Bertz CT molecular complexity index is 438. The molecule has 0 atom stereocenters. The number of urea groups is 1. The van der Waals surface area contributed by atoms with Crippen LogP contribution in [0.4, 0.5) is 10.5 Å². The normalized spacial score (nSPS) is 11.2. The summed E-state index contributed by atoms with van der Waals surface area (Å²) in [4.78, 5) is 11.8. The van der Waals surface area contributed by atoms with Gasteiger partial charge >= 0.3 is 6.03 Å². The first kappa shape index (κ1) is 15.3. The second kappa shape index (κ2) is 6.41. The molecular formula is C12H16BrClN2O2. The number of carbonyl (C=O) groups is 1. The number of carbonyl (C=O) groups excluding carboxylic acids is 1. The molecule has 0 bridgehead atoms. The zero-order valence-corrected chi connectivity index (χ0v) is 12.6. The number of halogens is 2. The van der Waals surface area contributed by atoms with E-state index in [1.807, 2.05) is 13.8 Å². The molecule has 0 fully saturated rings. The molecule has 18 heavy (non-hydrogen) atoms. The fourth-order valence-electron chi connectivity index (χ4n) is 1.39. The van der Waals surface area contributed by atoms with Gasteiger partial charge in [-0.2, -0.15) is 0 Å². The molecule has 4 nitrogen and oxygen atoms in total. The van der Waals surface area contributed by atoms with Crippen LogP contribution in [0.25, 0.3) is 0 Å². The third kappa shape index (κ3) is 4.84. The average molecular weight is 336 g/mol. The molecule has 0 aromatic heterocycles. The second-order valence-electron chi connectivity index (χ2n) is 4.56. The van der Waals surface area contributed by atoms with Gasteiger partial charge in [0.05, 0.1) is 5.69 Å². The summed E-state index contributed by atoms with van der Waals surface area (Å²) in [6.07, 6.45) is 0.488. The molecule has 0 unspecified atom stereocenters. The van der Waals surface area contributed by atoms with Crippen LogP contribution in [0, 0.1) is 0 Å². The van der Waals surface area contributed by atoms with Gasteiger partial charge in [-0.3, -0.25) is 0 Å². The van der Waals surface area contributed by atoms with Gasteiger partial charge < -0.3 is 15.7 Å². The molecule has 1 rings (SSSR count). The van der Waals surface area contributed by atoms with E-state index in [1.165, 1.54) is 0 Å². The highest BCUT2D eigenvalue weighted by molar-refractivity contribution is 9.10. The van der Waals surface area contributed by atoms with E-state index in [0.29, 0.717) is 21.6 Å². The summed E-state index contributed by atoms with van der Waals surface area (Å²) in [6, 6.07) is 4.79. The van der Waals surface area contributed by atoms with Gasteiger partial charge in [0.2, 0.25) is 0 Å². The number of benzene rings is 1. The summed E-state index contributed by atoms with van der Waals surface area (Å²) in [7, 11) is 0. The predicted molar refractivity (Wildman–Crippen MR) is 77.1 cm³/mol. The minimum Gasteiger partial charge on any atom is -0.396 e. The largest absolute Gasteiger partial charge is 0.396 e. The van der Waals surface area contributed by atoms with Gasteiger partial charge in [0, 0.05) is 21.6 Å². The Balaban J connectivity index is 2.65. The smallest absolute Gasteiger partial charge is 0.319 e. The van der Waals surface area contributed by atoms with Crippen molar-refractivity contribution >= 4 is 39.2 Å². The Kier molecular flexibility index (Phi) is 5.44. The SMILES string of the molecule is CC(C)(CCO)NC(=O)Nc1ccc(Cl)cc1Br. The number of anilines is 1. The van der Waals surface area contributed by atoms with Crippen LogP contribution in [0.15, 0.2) is 22.7 Å². The number of hydrogen-bond acceptors (Lipinski definition) is 2. The molecule has 2 amide bonds. The van der Waals surface area contributed by atoms with Crippen molar-refractivity contribution in [2.45, 2.75) is 25.8 Å². The fourth-order valence-corrected chi connectivity index (χ4v) is 2.18. The Morgan fingerprint density at radius 1 is 1.50 bits per heavy atom. The minimum atomic E-state index is -0.461. The van der Waals surface area contributed by atoms with Crippen molar-refractivity contribution in [1.82, 2.24) is 5.32 Å². The minimum absolute atomic E-state index is 0.0257. The lowest BCUT2D eigenvalue weighted by Gasteiger charge is -2.25. The van der Waals surface area contributed by atoms with E-state index in [4.69, 9.17) is 16.7 Å². The Labute approximate surface area is 120 Å². The molecule has 0 saturated heterocycles. The molecule has 0 heterocycles. The van der Waals surface area contributed by atoms with E-state index in [-0.39, 0.29) is 12.6 Å². The third-order valence-electron chi connectivity index (χ3n) is 2.37. The molecule has 1 aromatic carbocycles. The van der Waals surface area contributed by atoms with Crippen LogP contribution in [0.3, 0.4) is 0 Å². The van der Waals surface area contributed by atoms with E-state index in [2.05, 4.69) is 26.6 Å². The van der Waals surface area contributed by atoms with Crippen LogP contribution in [0.2, 0.25) is 5.02 Å². The summed E-state index contributed by atoms with van der Waals surface area (Å²) >= 11 is 9.13. The maximum Gasteiger partial charge on any atom is 0.319 e. The van der Waals surface area contributed by atoms with Crippen LogP contribution in [-0.2, 0) is 0 Å². The van der Waals surface area contributed by atoms with Gasteiger partial charge in [0.15, 0.2) is 0 Å². The van der Waals surface area contributed by atoms with Gasteiger partial charge in [-0.1, -0.05) is 11.6 Å². The highest BCUT2D eigenvalue weighted by Crippen LogP contribution is 2.25. The molecule has 100 valence electrons. The molecule has 0 saturated carbocycles. The standard InChI is InChI=1S/C12H16BrClN2O2/c1-12(2,5-6-17)16-11(18)15-10-4-3-8(14)7-9(10)13/h3-4,7,17H,5-6H2,1-2H3,(H2,15,16,18). The molecule has 3 N–H and O–H groups in total. The highest BCUT2D eigenvalue weighted by Gasteiger charge is 2.19. The van der Waals surface area contributed by atoms with E-state index >= 15 is 0 Å². The molecule has 0 radical (unpaired) electrons. The van der Waals surface area contributed by atoms with E-state index in [0.717, 1.165) is 0 Å². The lowest BCUT2D eigenvalue weighted by Crippen LogP contribution is -2.46. The van der Waals surface area contributed by atoms with Crippen LogP contribution in [-0.4, -0.2) is 23.3 Å². The average Bonchev–Trinajstić information content (AvgIpc) is 2.21. The first-order chi connectivity index (χ1) is 8.34. The molecule has 0 aliphatic heterocycles. The lowest BCUT2D eigenvalue weighted by atomic mass is 10.0. The van der Waals surface area contributed by atoms with Gasteiger partial charge in [-0.25, -0.2) is 4.79 Å². The molecule has 0 aliphatic rings. The van der Waals surface area contributed by atoms with Crippen molar-refractivity contribution in [2.24, 2.45) is 0 Å². The van der Waals surface area contributed by atoms with Crippen molar-refractivity contribution in [2.75, 3.05) is 11.9 Å². The number of nitrogens with one attached hydrogen (secondary N) is 2. The monoisotopic (exact) mass is 334 g/mol. The quantitative estimate of drug-likeness (QED) is 0.790. The Morgan fingerprint density at radius 3 is 2.72 bits per heavy atom. The zero-order chi connectivity index (χ0) is 13.8. The first-order valence-corrected chi connectivity index (χ1v) is 6.66. The molecule has 6 heteroatoms. The highest BCUT2D eigenvalue weighted by atomic mass is 79.9. The lowest BCUT2D eigenvalue weighted by molar-refractivity contribution is 0.218. The predicted octanol–water partition coefficient (Wildman–Crippen LogP) is 3.39. The summed E-state index contributed by atoms with van der Waals surface area (Å²) < 4.78 is 0.713. The van der Waals surface area contributed by atoms with Crippen LogP contribution < -0.4 is 10.6 Å². The van der Waals surface area contributed by atoms with Crippen LogP contribution in [0.5, 0.6) is 0 Å². The molecule has 1 aromatic rings. The molecular weight excluding hydrogens is 320 g/mol. The number of rotatable bonds is 4. The Morgan fingerprint density at radius 2 is 2.17 bits per heavy atom. The van der Waals surface area contributed by atoms with Gasteiger partial charge in [0.25, 0.3) is 0 Å². The maximum absolute atomic E-state index is 11.8.